The van der Waals surface area contributed by atoms with E-state index in [2.05, 4.69) is 11.0 Å². The first-order valence-corrected chi connectivity index (χ1v) is 11.1. The summed E-state index contributed by atoms with van der Waals surface area (Å²) in [6.45, 7) is 3.70. The van der Waals surface area contributed by atoms with Crippen molar-refractivity contribution >= 4 is 34.8 Å². The fourth-order valence-corrected chi connectivity index (χ4v) is 4.62. The number of hydrogen-bond donors (Lipinski definition) is 1. The van der Waals surface area contributed by atoms with E-state index in [1.54, 1.807) is 42.2 Å². The predicted molar refractivity (Wildman–Crippen MR) is 125 cm³/mol. The number of nitrogens with zero attached hydrogens (tertiary/aromatic N) is 3. The number of benzene rings is 2. The van der Waals surface area contributed by atoms with E-state index in [0.29, 0.717) is 48.1 Å². The topological polar surface area (TPSA) is 82.6 Å². The van der Waals surface area contributed by atoms with Crippen LogP contribution in [-0.4, -0.2) is 37.0 Å². The molecule has 2 N–H and O–H groups in total. The molecule has 0 spiro atoms. The molecule has 1 saturated heterocycles. The molecule has 9 heteroatoms. The van der Waals surface area contributed by atoms with Gasteiger partial charge in [-0.25, -0.2) is 4.39 Å². The Hall–Kier alpha value is -3.21. The van der Waals surface area contributed by atoms with Crippen molar-refractivity contribution in [3.63, 3.8) is 0 Å². The number of amides is 1. The first-order chi connectivity index (χ1) is 15.8. The second-order valence-electron chi connectivity index (χ2n) is 7.79. The average Bonchev–Trinajstić information content (AvgIpc) is 2.81. The third kappa shape index (κ3) is 4.37. The molecule has 4 rings (SSSR count). The van der Waals surface area contributed by atoms with E-state index in [1.165, 1.54) is 12.1 Å². The Morgan fingerprint density at radius 1 is 1.15 bits per heavy atom. The van der Waals surface area contributed by atoms with Crippen LogP contribution in [-0.2, 0) is 9.53 Å². The molecule has 2 aromatic rings. The number of hydrogen-bond acceptors (Lipinski definition) is 5. The zero-order chi connectivity index (χ0) is 23.7. The number of anilines is 1. The van der Waals surface area contributed by atoms with E-state index in [0.717, 1.165) is 5.69 Å². The largest absolute Gasteiger partial charge is 0.445 e. The molecule has 1 amide bonds. The summed E-state index contributed by atoms with van der Waals surface area (Å²) in [5.74, 6) is -1.09. The molecule has 2 aromatic carbocycles. The smallest absolute Gasteiger partial charge is 0.254 e. The molecule has 0 aromatic heterocycles. The van der Waals surface area contributed by atoms with Crippen LogP contribution < -0.4 is 10.6 Å². The van der Waals surface area contributed by atoms with Gasteiger partial charge in [0.25, 0.3) is 5.91 Å². The molecular weight excluding hydrogens is 466 g/mol. The van der Waals surface area contributed by atoms with E-state index in [-0.39, 0.29) is 28.2 Å². The van der Waals surface area contributed by atoms with E-state index in [9.17, 15) is 14.4 Å². The number of halogens is 3. The summed E-state index contributed by atoms with van der Waals surface area (Å²) >= 11 is 12.7. The van der Waals surface area contributed by atoms with Crippen molar-refractivity contribution < 1.29 is 13.9 Å². The summed E-state index contributed by atoms with van der Waals surface area (Å²) in [5.41, 5.74) is 7.82. The van der Waals surface area contributed by atoms with Crippen molar-refractivity contribution in [3.05, 3.63) is 86.7 Å². The van der Waals surface area contributed by atoms with Crippen molar-refractivity contribution in [3.8, 4) is 6.07 Å². The van der Waals surface area contributed by atoms with Crippen molar-refractivity contribution in [2.75, 3.05) is 31.1 Å². The number of nitriles is 1. The molecule has 33 heavy (non-hydrogen) atoms. The van der Waals surface area contributed by atoms with Gasteiger partial charge in [-0.2, -0.15) is 5.26 Å². The molecule has 6 nitrogen and oxygen atoms in total. The van der Waals surface area contributed by atoms with E-state index >= 15 is 0 Å². The highest BCUT2D eigenvalue weighted by atomic mass is 35.5. The SMILES string of the molecule is CC1=C(C(=O)N2CCN(c3ccc(F)cc3)CC2)[C@H](c2cccc(Cl)c2Cl)C(C#N)=C(N)O1. The van der Waals surface area contributed by atoms with Gasteiger partial charge in [0.15, 0.2) is 0 Å². The average molecular weight is 487 g/mol. The van der Waals surface area contributed by atoms with Crippen molar-refractivity contribution in [2.24, 2.45) is 5.73 Å². The minimum atomic E-state index is -0.794. The molecule has 2 aliphatic rings. The second kappa shape index (κ2) is 9.34. The van der Waals surface area contributed by atoms with Gasteiger partial charge in [-0.15, -0.1) is 0 Å². The number of nitrogens with two attached hydrogens (primary N) is 1. The third-order valence-corrected chi connectivity index (χ3v) is 6.72. The first kappa shape index (κ1) is 23.0. The van der Waals surface area contributed by atoms with Crippen molar-refractivity contribution in [1.82, 2.24) is 4.90 Å². The Bertz CT molecular complexity index is 1200. The van der Waals surface area contributed by atoms with Crippen LogP contribution in [0.2, 0.25) is 10.0 Å². The maximum absolute atomic E-state index is 13.7. The predicted octanol–water partition coefficient (Wildman–Crippen LogP) is 4.56. The monoisotopic (exact) mass is 486 g/mol. The standard InChI is InChI=1S/C24H21Cl2FN4O2/c1-14-20(21(18(13-28)23(29)33-14)17-3-2-4-19(25)22(17)26)24(32)31-11-9-30(10-12-31)16-7-5-15(27)6-8-16/h2-8,21H,9-12,29H2,1H3/t21-/m1/s1. The molecule has 0 unspecified atom stereocenters. The first-order valence-electron chi connectivity index (χ1n) is 10.3. The highest BCUT2D eigenvalue weighted by Crippen LogP contribution is 2.44. The molecule has 0 radical (unpaired) electrons. The van der Waals surface area contributed by atoms with Crippen molar-refractivity contribution in [1.29, 1.82) is 5.26 Å². The number of rotatable bonds is 3. The van der Waals surface area contributed by atoms with Gasteiger partial charge in [-0.05, 0) is 42.8 Å². The van der Waals surface area contributed by atoms with E-state index < -0.39 is 5.92 Å². The molecular formula is C24H21Cl2FN4O2. The number of allylic oxidation sites excluding steroid dienone is 2. The lowest BCUT2D eigenvalue weighted by Gasteiger charge is -2.38. The number of piperazine rings is 1. The van der Waals surface area contributed by atoms with Gasteiger partial charge in [0.05, 0.1) is 21.5 Å². The highest BCUT2D eigenvalue weighted by Gasteiger charge is 2.39. The van der Waals surface area contributed by atoms with Crippen LogP contribution in [0, 0.1) is 17.1 Å². The minimum Gasteiger partial charge on any atom is -0.445 e. The van der Waals surface area contributed by atoms with Gasteiger partial charge in [0.1, 0.15) is 23.2 Å². The van der Waals surface area contributed by atoms with Gasteiger partial charge in [-0.3, -0.25) is 4.79 Å². The summed E-state index contributed by atoms with van der Waals surface area (Å²) in [6, 6.07) is 13.4. The molecule has 2 aliphatic heterocycles. The van der Waals surface area contributed by atoms with Gasteiger partial charge in [0.2, 0.25) is 5.88 Å². The fraction of sp³-hybridized carbons (Fsp3) is 0.250. The number of carbonyl (C=O) groups is 1. The zero-order valence-electron chi connectivity index (χ0n) is 17.8. The molecule has 0 bridgehead atoms. The molecule has 170 valence electrons. The normalized spacial score (nSPS) is 18.8. The van der Waals surface area contributed by atoms with Crippen LogP contribution in [0.3, 0.4) is 0 Å². The van der Waals surface area contributed by atoms with Crippen LogP contribution in [0.4, 0.5) is 10.1 Å². The second-order valence-corrected chi connectivity index (χ2v) is 8.58. The molecule has 0 aliphatic carbocycles. The Morgan fingerprint density at radius 3 is 2.45 bits per heavy atom. The van der Waals surface area contributed by atoms with Gasteiger partial charge >= 0.3 is 0 Å². The van der Waals surface area contributed by atoms with Gasteiger partial charge in [-0.1, -0.05) is 35.3 Å². The van der Waals surface area contributed by atoms with Gasteiger partial charge in [0, 0.05) is 31.9 Å². The summed E-state index contributed by atoms with van der Waals surface area (Å²) in [4.78, 5) is 17.5. The maximum atomic E-state index is 13.7. The van der Waals surface area contributed by atoms with Crippen LogP contribution in [0.25, 0.3) is 0 Å². The van der Waals surface area contributed by atoms with Crippen LogP contribution in [0.15, 0.2) is 65.3 Å². The molecule has 0 saturated carbocycles. The lowest BCUT2D eigenvalue weighted by Crippen LogP contribution is -2.50. The van der Waals surface area contributed by atoms with Crippen molar-refractivity contribution in [2.45, 2.75) is 12.8 Å². The lowest BCUT2D eigenvalue weighted by molar-refractivity contribution is -0.128. The summed E-state index contributed by atoms with van der Waals surface area (Å²) in [6.07, 6.45) is 0. The summed E-state index contributed by atoms with van der Waals surface area (Å²) in [7, 11) is 0. The van der Waals surface area contributed by atoms with Crippen LogP contribution in [0.5, 0.6) is 0 Å². The summed E-state index contributed by atoms with van der Waals surface area (Å²) in [5, 5.41) is 10.4. The maximum Gasteiger partial charge on any atom is 0.254 e. The van der Waals surface area contributed by atoms with Crippen LogP contribution >= 0.6 is 23.2 Å². The quantitative estimate of drug-likeness (QED) is 0.687. The van der Waals surface area contributed by atoms with Gasteiger partial charge < -0.3 is 20.3 Å². The van der Waals surface area contributed by atoms with E-state index in [4.69, 9.17) is 33.7 Å². The van der Waals surface area contributed by atoms with Crippen LogP contribution in [0.1, 0.15) is 18.4 Å². The van der Waals surface area contributed by atoms with E-state index in [1.807, 2.05) is 0 Å². The highest BCUT2D eigenvalue weighted by molar-refractivity contribution is 6.42. The number of carbonyl (C=O) groups excluding carboxylic acids is 1. The fourth-order valence-electron chi connectivity index (χ4n) is 4.20. The Morgan fingerprint density at radius 2 is 1.82 bits per heavy atom. The lowest BCUT2D eigenvalue weighted by atomic mass is 9.82. The minimum absolute atomic E-state index is 0.0614. The zero-order valence-corrected chi connectivity index (χ0v) is 19.3. The Balaban J connectivity index is 1.63. The third-order valence-electron chi connectivity index (χ3n) is 5.89. The number of ether oxygens (including phenoxy) is 1. The molecule has 1 atom stereocenters. The Labute approximate surface area is 201 Å². The molecule has 2 heterocycles. The Kier molecular flexibility index (Phi) is 6.50. The summed E-state index contributed by atoms with van der Waals surface area (Å²) < 4.78 is 18.8. The molecule has 1 fully saturated rings.